The standard InChI is InChI=1S/C7H3Br2NO2S/c8-6-4-2(10-12)1-3(11)5(4)7(9)13-6/h2H,1H2. The van der Waals surface area contributed by atoms with Crippen LogP contribution in [-0.4, -0.2) is 5.78 Å². The molecule has 3 nitrogen and oxygen atoms in total. The summed E-state index contributed by atoms with van der Waals surface area (Å²) in [5.74, 6) is -0.00609. The van der Waals surface area contributed by atoms with Gasteiger partial charge >= 0.3 is 0 Å². The summed E-state index contributed by atoms with van der Waals surface area (Å²) in [6.45, 7) is 0. The Kier molecular flexibility index (Phi) is 2.37. The zero-order chi connectivity index (χ0) is 9.59. The normalized spacial score (nSPS) is 20.5. The third-order valence-corrected chi connectivity index (χ3v) is 4.55. The van der Waals surface area contributed by atoms with Gasteiger partial charge in [-0.2, -0.15) is 4.91 Å². The minimum absolute atomic E-state index is 0.00609. The number of carbonyl (C=O) groups is 1. The van der Waals surface area contributed by atoms with Crippen molar-refractivity contribution in [3.63, 3.8) is 0 Å². The molecule has 1 aromatic heterocycles. The molecule has 1 aliphatic carbocycles. The number of thiophene rings is 1. The molecule has 6 heteroatoms. The fourth-order valence-electron chi connectivity index (χ4n) is 1.42. The number of hydrogen-bond donors (Lipinski definition) is 0. The first-order chi connectivity index (χ1) is 6.15. The van der Waals surface area contributed by atoms with Gasteiger partial charge in [-0.3, -0.25) is 4.79 Å². The fourth-order valence-corrected chi connectivity index (χ4v) is 4.77. The van der Waals surface area contributed by atoms with E-state index in [1.807, 2.05) is 0 Å². The van der Waals surface area contributed by atoms with Gasteiger partial charge < -0.3 is 0 Å². The van der Waals surface area contributed by atoms with Crippen molar-refractivity contribution in [2.24, 2.45) is 5.18 Å². The van der Waals surface area contributed by atoms with Crippen LogP contribution in [0.15, 0.2) is 12.7 Å². The molecule has 1 unspecified atom stereocenters. The zero-order valence-electron chi connectivity index (χ0n) is 6.21. The molecule has 0 saturated heterocycles. The van der Waals surface area contributed by atoms with Crippen LogP contribution < -0.4 is 0 Å². The van der Waals surface area contributed by atoms with Crippen molar-refractivity contribution < 1.29 is 4.79 Å². The number of nitrogens with zero attached hydrogens (tertiary/aromatic N) is 1. The summed E-state index contributed by atoms with van der Waals surface area (Å²) in [5.41, 5.74) is 1.37. The third kappa shape index (κ3) is 1.31. The fraction of sp³-hybridized carbons (Fsp3) is 0.286. The molecule has 13 heavy (non-hydrogen) atoms. The van der Waals surface area contributed by atoms with E-state index in [-0.39, 0.29) is 12.2 Å². The molecular formula is C7H3Br2NO2S. The highest BCUT2D eigenvalue weighted by molar-refractivity contribution is 9.12. The highest BCUT2D eigenvalue weighted by atomic mass is 79.9. The lowest BCUT2D eigenvalue weighted by Gasteiger charge is -1.95. The first-order valence-electron chi connectivity index (χ1n) is 3.48. The molecule has 0 saturated carbocycles. The summed E-state index contributed by atoms with van der Waals surface area (Å²) in [6, 6.07) is -0.501. The van der Waals surface area contributed by atoms with Gasteiger partial charge in [-0.1, -0.05) is 5.18 Å². The van der Waals surface area contributed by atoms with Crippen molar-refractivity contribution in [3.8, 4) is 0 Å². The van der Waals surface area contributed by atoms with Crippen molar-refractivity contribution in [2.45, 2.75) is 12.5 Å². The Hall–Kier alpha value is -0.0700. The monoisotopic (exact) mass is 323 g/mol. The van der Waals surface area contributed by atoms with Gasteiger partial charge in [0.25, 0.3) is 0 Å². The number of ketones is 1. The van der Waals surface area contributed by atoms with E-state index >= 15 is 0 Å². The number of fused-ring (bicyclic) bond motifs is 1. The molecule has 0 bridgehead atoms. The van der Waals surface area contributed by atoms with E-state index in [9.17, 15) is 9.70 Å². The van der Waals surface area contributed by atoms with E-state index in [0.29, 0.717) is 5.56 Å². The van der Waals surface area contributed by atoms with E-state index < -0.39 is 6.04 Å². The first-order valence-corrected chi connectivity index (χ1v) is 5.88. The molecule has 0 aliphatic heterocycles. The van der Waals surface area contributed by atoms with Gasteiger partial charge in [-0.15, -0.1) is 11.3 Å². The first kappa shape index (κ1) is 9.48. The number of hydrogen-bond acceptors (Lipinski definition) is 4. The summed E-state index contributed by atoms with van der Waals surface area (Å²) >= 11 is 8.01. The van der Waals surface area contributed by atoms with E-state index in [0.717, 1.165) is 13.1 Å². The average Bonchev–Trinajstić information content (AvgIpc) is 2.54. The highest BCUT2D eigenvalue weighted by Crippen LogP contribution is 2.47. The lowest BCUT2D eigenvalue weighted by atomic mass is 10.2. The Bertz CT molecular complexity index is 401. The van der Waals surface area contributed by atoms with Crippen LogP contribution in [0.1, 0.15) is 28.4 Å². The van der Waals surface area contributed by atoms with Gasteiger partial charge in [0, 0.05) is 17.5 Å². The number of carbonyl (C=O) groups excluding carboxylic acids is 1. The van der Waals surface area contributed by atoms with Crippen molar-refractivity contribution in [2.75, 3.05) is 0 Å². The van der Waals surface area contributed by atoms with Crippen molar-refractivity contribution in [3.05, 3.63) is 23.6 Å². The summed E-state index contributed by atoms with van der Waals surface area (Å²) < 4.78 is 1.61. The van der Waals surface area contributed by atoms with Gasteiger partial charge in [0.15, 0.2) is 5.78 Å². The number of Topliss-reactive ketones (excluding diaryl/α,β-unsaturated/α-hetero) is 1. The molecular weight excluding hydrogens is 322 g/mol. The lowest BCUT2D eigenvalue weighted by Crippen LogP contribution is -1.90. The molecule has 1 atom stereocenters. The zero-order valence-corrected chi connectivity index (χ0v) is 10.2. The summed E-state index contributed by atoms with van der Waals surface area (Å²) in [5, 5.41) is 2.94. The van der Waals surface area contributed by atoms with Gasteiger partial charge in [-0.25, -0.2) is 0 Å². The second kappa shape index (κ2) is 3.25. The van der Waals surface area contributed by atoms with Crippen LogP contribution in [0, 0.1) is 4.91 Å². The molecule has 1 aromatic rings. The summed E-state index contributed by atoms with van der Waals surface area (Å²) in [4.78, 5) is 21.9. The van der Waals surface area contributed by atoms with Gasteiger partial charge in [0.05, 0.1) is 7.57 Å². The van der Waals surface area contributed by atoms with Gasteiger partial charge in [0.2, 0.25) is 0 Å². The third-order valence-electron chi connectivity index (χ3n) is 1.97. The Morgan fingerprint density at radius 2 is 2.08 bits per heavy atom. The number of rotatable bonds is 1. The largest absolute Gasteiger partial charge is 0.294 e. The molecule has 0 fully saturated rings. The minimum atomic E-state index is -0.501. The SMILES string of the molecule is O=NC1CC(=O)c2c(Br)sc(Br)c21. The van der Waals surface area contributed by atoms with Crippen molar-refractivity contribution in [1.82, 2.24) is 0 Å². The van der Waals surface area contributed by atoms with Gasteiger partial charge in [-0.05, 0) is 31.9 Å². The van der Waals surface area contributed by atoms with Crippen LogP contribution in [0.25, 0.3) is 0 Å². The number of nitroso groups, excluding NO2 is 1. The van der Waals surface area contributed by atoms with Crippen LogP contribution >= 0.6 is 43.2 Å². The van der Waals surface area contributed by atoms with E-state index in [1.165, 1.54) is 11.3 Å². The van der Waals surface area contributed by atoms with Crippen LogP contribution in [0.2, 0.25) is 0 Å². The minimum Gasteiger partial charge on any atom is -0.294 e. The molecule has 0 radical (unpaired) electrons. The molecule has 68 valence electrons. The topological polar surface area (TPSA) is 46.5 Å². The Morgan fingerprint density at radius 1 is 1.38 bits per heavy atom. The lowest BCUT2D eigenvalue weighted by molar-refractivity contribution is 0.0989. The summed E-state index contributed by atoms with van der Waals surface area (Å²) in [6.07, 6.45) is 0.207. The van der Waals surface area contributed by atoms with Crippen LogP contribution in [0.4, 0.5) is 0 Å². The molecule has 1 aliphatic rings. The maximum Gasteiger partial charge on any atom is 0.167 e. The molecule has 0 aromatic carbocycles. The Morgan fingerprint density at radius 3 is 2.69 bits per heavy atom. The molecule has 0 spiro atoms. The maximum atomic E-state index is 11.4. The second-order valence-electron chi connectivity index (χ2n) is 2.69. The van der Waals surface area contributed by atoms with Gasteiger partial charge in [0.1, 0.15) is 6.04 Å². The Labute approximate surface area is 94.8 Å². The quantitative estimate of drug-likeness (QED) is 0.740. The van der Waals surface area contributed by atoms with E-state index in [4.69, 9.17) is 0 Å². The van der Waals surface area contributed by atoms with Crippen molar-refractivity contribution in [1.29, 1.82) is 0 Å². The van der Waals surface area contributed by atoms with Crippen LogP contribution in [0.5, 0.6) is 0 Å². The second-order valence-corrected chi connectivity index (χ2v) is 6.34. The summed E-state index contributed by atoms with van der Waals surface area (Å²) in [7, 11) is 0. The Balaban J connectivity index is 2.66. The molecule has 0 amide bonds. The highest BCUT2D eigenvalue weighted by Gasteiger charge is 2.36. The van der Waals surface area contributed by atoms with E-state index in [2.05, 4.69) is 37.0 Å². The smallest absolute Gasteiger partial charge is 0.167 e. The molecule has 0 N–H and O–H groups in total. The van der Waals surface area contributed by atoms with Crippen LogP contribution in [0.3, 0.4) is 0 Å². The average molecular weight is 325 g/mol. The predicted molar refractivity (Wildman–Crippen MR) is 57.2 cm³/mol. The maximum absolute atomic E-state index is 11.4. The number of halogens is 2. The van der Waals surface area contributed by atoms with Crippen molar-refractivity contribution >= 4 is 49.0 Å². The molecule has 2 rings (SSSR count). The molecule has 1 heterocycles. The van der Waals surface area contributed by atoms with Crippen LogP contribution in [-0.2, 0) is 0 Å². The predicted octanol–water partition coefficient (Wildman–Crippen LogP) is 3.67. The van der Waals surface area contributed by atoms with E-state index in [1.54, 1.807) is 0 Å².